The minimum Gasteiger partial charge on any atom is -0.397 e. The van der Waals surface area contributed by atoms with Gasteiger partial charge < -0.3 is 15.6 Å². The second-order valence-corrected chi connectivity index (χ2v) is 4.18. The van der Waals surface area contributed by atoms with Crippen molar-refractivity contribution in [1.29, 1.82) is 0 Å². The van der Waals surface area contributed by atoms with Crippen LogP contribution in [0.25, 0.3) is 0 Å². The SMILES string of the molecule is CCCn1cc(N)cc1C(=O)Nc1ccc(F)nc1. The van der Waals surface area contributed by atoms with Crippen LogP contribution in [0.15, 0.2) is 30.6 Å². The largest absolute Gasteiger partial charge is 0.397 e. The summed E-state index contributed by atoms with van der Waals surface area (Å²) in [6.45, 7) is 2.73. The molecule has 1 amide bonds. The molecular weight excluding hydrogens is 247 g/mol. The fourth-order valence-electron chi connectivity index (χ4n) is 1.79. The molecule has 0 bridgehead atoms. The molecule has 2 aromatic rings. The van der Waals surface area contributed by atoms with Crippen LogP contribution in [0.4, 0.5) is 15.8 Å². The highest BCUT2D eigenvalue weighted by molar-refractivity contribution is 6.03. The molecule has 0 saturated heterocycles. The van der Waals surface area contributed by atoms with E-state index >= 15 is 0 Å². The molecule has 0 saturated carbocycles. The number of hydrogen-bond donors (Lipinski definition) is 2. The molecule has 2 rings (SSSR count). The van der Waals surface area contributed by atoms with E-state index in [1.807, 2.05) is 6.92 Å². The summed E-state index contributed by atoms with van der Waals surface area (Å²) < 4.78 is 14.5. The van der Waals surface area contributed by atoms with Gasteiger partial charge in [-0.3, -0.25) is 4.79 Å². The minimum atomic E-state index is -0.586. The first-order valence-corrected chi connectivity index (χ1v) is 5.98. The molecule has 6 heteroatoms. The minimum absolute atomic E-state index is 0.293. The maximum absolute atomic E-state index is 12.7. The molecule has 2 heterocycles. The number of nitrogens with two attached hydrogens (primary N) is 1. The van der Waals surface area contributed by atoms with Crippen LogP contribution in [-0.2, 0) is 6.54 Å². The first-order valence-electron chi connectivity index (χ1n) is 5.98. The number of nitrogens with zero attached hydrogens (tertiary/aromatic N) is 2. The van der Waals surface area contributed by atoms with Crippen molar-refractivity contribution in [3.8, 4) is 0 Å². The molecule has 0 aliphatic carbocycles. The Hall–Kier alpha value is -2.37. The van der Waals surface area contributed by atoms with Crippen molar-refractivity contribution in [2.45, 2.75) is 19.9 Å². The number of nitrogen functional groups attached to an aromatic ring is 1. The molecule has 0 aromatic carbocycles. The van der Waals surface area contributed by atoms with Crippen molar-refractivity contribution in [2.24, 2.45) is 0 Å². The van der Waals surface area contributed by atoms with E-state index < -0.39 is 5.95 Å². The first kappa shape index (κ1) is 13.1. The topological polar surface area (TPSA) is 72.9 Å². The molecule has 0 aliphatic rings. The summed E-state index contributed by atoms with van der Waals surface area (Å²) in [6, 6.07) is 4.26. The van der Waals surface area contributed by atoms with Crippen molar-refractivity contribution in [3.63, 3.8) is 0 Å². The normalized spacial score (nSPS) is 10.4. The van der Waals surface area contributed by atoms with Gasteiger partial charge >= 0.3 is 0 Å². The second kappa shape index (κ2) is 5.51. The third-order valence-electron chi connectivity index (χ3n) is 2.60. The van der Waals surface area contributed by atoms with Gasteiger partial charge in [-0.25, -0.2) is 4.98 Å². The van der Waals surface area contributed by atoms with Gasteiger partial charge in [0.25, 0.3) is 5.91 Å². The van der Waals surface area contributed by atoms with E-state index in [0.717, 1.165) is 6.42 Å². The van der Waals surface area contributed by atoms with E-state index in [0.29, 0.717) is 23.6 Å². The predicted octanol–water partition coefficient (Wildman–Crippen LogP) is 2.27. The number of hydrogen-bond acceptors (Lipinski definition) is 3. The number of pyridine rings is 1. The summed E-state index contributed by atoms with van der Waals surface area (Å²) in [5, 5.41) is 2.65. The molecule has 2 aromatic heterocycles. The van der Waals surface area contributed by atoms with Gasteiger partial charge in [-0.2, -0.15) is 4.39 Å². The van der Waals surface area contributed by atoms with Gasteiger partial charge in [0.1, 0.15) is 5.69 Å². The van der Waals surface area contributed by atoms with Crippen LogP contribution in [0, 0.1) is 5.95 Å². The zero-order valence-corrected chi connectivity index (χ0v) is 10.6. The van der Waals surface area contributed by atoms with E-state index in [4.69, 9.17) is 5.73 Å². The van der Waals surface area contributed by atoms with E-state index in [2.05, 4.69) is 10.3 Å². The summed E-state index contributed by atoms with van der Waals surface area (Å²) in [7, 11) is 0. The van der Waals surface area contributed by atoms with Gasteiger partial charge in [-0.15, -0.1) is 0 Å². The Kier molecular flexibility index (Phi) is 3.79. The van der Waals surface area contributed by atoms with Crippen molar-refractivity contribution in [2.75, 3.05) is 11.1 Å². The van der Waals surface area contributed by atoms with Gasteiger partial charge in [-0.05, 0) is 24.6 Å². The zero-order chi connectivity index (χ0) is 13.8. The average molecular weight is 262 g/mol. The maximum atomic E-state index is 12.7. The van der Waals surface area contributed by atoms with Gasteiger partial charge in [0, 0.05) is 12.7 Å². The number of amides is 1. The molecule has 100 valence electrons. The first-order chi connectivity index (χ1) is 9.10. The highest BCUT2D eigenvalue weighted by Crippen LogP contribution is 2.14. The summed E-state index contributed by atoms with van der Waals surface area (Å²) in [4.78, 5) is 15.6. The molecule has 0 unspecified atom stereocenters. The Morgan fingerprint density at radius 1 is 1.53 bits per heavy atom. The number of carbonyl (C=O) groups is 1. The summed E-state index contributed by atoms with van der Waals surface area (Å²) >= 11 is 0. The third kappa shape index (κ3) is 3.09. The molecule has 0 radical (unpaired) electrons. The molecule has 0 spiro atoms. The number of carbonyl (C=O) groups excluding carboxylic acids is 1. The summed E-state index contributed by atoms with van der Waals surface area (Å²) in [5.41, 5.74) is 7.15. The van der Waals surface area contributed by atoms with Crippen LogP contribution in [0.2, 0.25) is 0 Å². The highest BCUT2D eigenvalue weighted by atomic mass is 19.1. The smallest absolute Gasteiger partial charge is 0.272 e. The van der Waals surface area contributed by atoms with Gasteiger partial charge in [0.05, 0.1) is 17.6 Å². The molecule has 0 fully saturated rings. The molecular formula is C13H15FN4O. The number of halogens is 1. The fraction of sp³-hybridized carbons (Fsp3) is 0.231. The van der Waals surface area contributed by atoms with E-state index in [1.165, 1.54) is 18.3 Å². The molecule has 5 nitrogen and oxygen atoms in total. The predicted molar refractivity (Wildman–Crippen MR) is 71.3 cm³/mol. The second-order valence-electron chi connectivity index (χ2n) is 4.18. The van der Waals surface area contributed by atoms with Crippen LogP contribution in [-0.4, -0.2) is 15.5 Å². The van der Waals surface area contributed by atoms with Crippen molar-refractivity contribution < 1.29 is 9.18 Å². The molecule has 0 atom stereocenters. The van der Waals surface area contributed by atoms with Crippen molar-refractivity contribution >= 4 is 17.3 Å². The lowest BCUT2D eigenvalue weighted by molar-refractivity contribution is 0.101. The maximum Gasteiger partial charge on any atom is 0.272 e. The Balaban J connectivity index is 2.17. The highest BCUT2D eigenvalue weighted by Gasteiger charge is 2.12. The van der Waals surface area contributed by atoms with Crippen LogP contribution < -0.4 is 11.1 Å². The van der Waals surface area contributed by atoms with Crippen LogP contribution in [0.1, 0.15) is 23.8 Å². The van der Waals surface area contributed by atoms with Crippen LogP contribution >= 0.6 is 0 Å². The van der Waals surface area contributed by atoms with Crippen LogP contribution in [0.3, 0.4) is 0 Å². The quantitative estimate of drug-likeness (QED) is 0.830. The average Bonchev–Trinajstić information content (AvgIpc) is 2.74. The number of aromatic nitrogens is 2. The number of anilines is 2. The number of rotatable bonds is 4. The Labute approximate surface area is 110 Å². The standard InChI is InChI=1S/C13H15FN4O/c1-2-5-18-8-9(15)6-11(18)13(19)17-10-3-4-12(14)16-7-10/h3-4,6-8H,2,5,15H2,1H3,(H,17,19). The summed E-state index contributed by atoms with van der Waals surface area (Å²) in [5.74, 6) is -0.879. The van der Waals surface area contributed by atoms with E-state index in [9.17, 15) is 9.18 Å². The monoisotopic (exact) mass is 262 g/mol. The van der Waals surface area contributed by atoms with Crippen molar-refractivity contribution in [3.05, 3.63) is 42.2 Å². The Bertz CT molecular complexity index is 577. The summed E-state index contributed by atoms with van der Waals surface area (Å²) in [6.07, 6.45) is 3.89. The Morgan fingerprint density at radius 3 is 2.95 bits per heavy atom. The lowest BCUT2D eigenvalue weighted by atomic mass is 10.3. The van der Waals surface area contributed by atoms with Gasteiger partial charge in [0.2, 0.25) is 5.95 Å². The Morgan fingerprint density at radius 2 is 2.32 bits per heavy atom. The lowest BCUT2D eigenvalue weighted by Gasteiger charge is -2.08. The van der Waals surface area contributed by atoms with E-state index in [-0.39, 0.29) is 5.91 Å². The van der Waals surface area contributed by atoms with Gasteiger partial charge in [-0.1, -0.05) is 6.92 Å². The molecule has 0 aliphatic heterocycles. The fourth-order valence-corrected chi connectivity index (χ4v) is 1.79. The molecule has 19 heavy (non-hydrogen) atoms. The number of nitrogens with one attached hydrogen (secondary N) is 1. The number of aryl methyl sites for hydroxylation is 1. The zero-order valence-electron chi connectivity index (χ0n) is 10.6. The third-order valence-corrected chi connectivity index (χ3v) is 2.60. The van der Waals surface area contributed by atoms with Gasteiger partial charge in [0.15, 0.2) is 0 Å². The lowest BCUT2D eigenvalue weighted by Crippen LogP contribution is -2.16. The molecule has 3 N–H and O–H groups in total. The van der Waals surface area contributed by atoms with Crippen molar-refractivity contribution in [1.82, 2.24) is 9.55 Å². The van der Waals surface area contributed by atoms with Crippen LogP contribution in [0.5, 0.6) is 0 Å². The van der Waals surface area contributed by atoms with E-state index in [1.54, 1.807) is 16.8 Å².